The Morgan fingerprint density at radius 3 is 2.66 bits per heavy atom. The summed E-state index contributed by atoms with van der Waals surface area (Å²) in [6, 6.07) is 6.40. The Balaban J connectivity index is 1.47. The maximum Gasteiger partial charge on any atom is 0.267 e. The molecule has 1 saturated carbocycles. The number of H-pyrrole nitrogens is 1. The van der Waals surface area contributed by atoms with Crippen molar-refractivity contribution in [3.05, 3.63) is 62.8 Å². The zero-order chi connectivity index (χ0) is 22.7. The van der Waals surface area contributed by atoms with Gasteiger partial charge in [-0.25, -0.2) is 9.49 Å². The second-order valence-electron chi connectivity index (χ2n) is 8.66. The van der Waals surface area contributed by atoms with Crippen LogP contribution in [0.5, 0.6) is 0 Å². The van der Waals surface area contributed by atoms with E-state index in [0.29, 0.717) is 42.8 Å². The Bertz CT molecular complexity index is 1060. The molecule has 170 valence electrons. The predicted molar refractivity (Wildman–Crippen MR) is 118 cm³/mol. The molecule has 7 nitrogen and oxygen atoms in total. The van der Waals surface area contributed by atoms with Gasteiger partial charge in [0.2, 0.25) is 5.91 Å². The lowest BCUT2D eigenvalue weighted by Crippen LogP contribution is -2.55. The lowest BCUT2D eigenvalue weighted by atomic mass is 9.93. The first-order valence-corrected chi connectivity index (χ1v) is 11.4. The monoisotopic (exact) mass is 440 g/mol. The molecule has 2 aliphatic rings. The van der Waals surface area contributed by atoms with Crippen LogP contribution in [0.15, 0.2) is 29.1 Å². The van der Waals surface area contributed by atoms with Gasteiger partial charge in [0.05, 0.1) is 11.3 Å². The molecule has 1 aliphatic carbocycles. The van der Waals surface area contributed by atoms with Crippen molar-refractivity contribution in [2.45, 2.75) is 57.9 Å². The number of aromatic nitrogens is 2. The molecule has 0 atom stereocenters. The maximum atomic E-state index is 14.5. The van der Waals surface area contributed by atoms with Crippen LogP contribution in [0.2, 0.25) is 0 Å². The van der Waals surface area contributed by atoms with Crippen LogP contribution in [0, 0.1) is 5.82 Å². The van der Waals surface area contributed by atoms with Crippen LogP contribution >= 0.6 is 0 Å². The van der Waals surface area contributed by atoms with Crippen molar-refractivity contribution in [3.63, 3.8) is 0 Å². The van der Waals surface area contributed by atoms with Crippen molar-refractivity contribution in [2.24, 2.45) is 0 Å². The maximum absolute atomic E-state index is 14.5. The zero-order valence-electron chi connectivity index (χ0n) is 18.4. The minimum atomic E-state index is -0.607. The number of halogens is 1. The quantitative estimate of drug-likeness (QED) is 0.775. The highest BCUT2D eigenvalue weighted by Crippen LogP contribution is 2.25. The van der Waals surface area contributed by atoms with E-state index in [1.807, 2.05) is 11.8 Å². The number of benzene rings is 1. The van der Waals surface area contributed by atoms with E-state index >= 15 is 0 Å². The highest BCUT2D eigenvalue weighted by atomic mass is 19.1. The minimum absolute atomic E-state index is 0.0136. The summed E-state index contributed by atoms with van der Waals surface area (Å²) in [5.74, 6) is -1.13. The normalized spacial score (nSPS) is 17.6. The molecular formula is C24H29FN4O3. The van der Waals surface area contributed by atoms with E-state index in [0.717, 1.165) is 25.7 Å². The summed E-state index contributed by atoms with van der Waals surface area (Å²) in [6.07, 6.45) is 6.48. The number of nitrogens with zero attached hydrogens (tertiary/aromatic N) is 3. The molecule has 2 amide bonds. The van der Waals surface area contributed by atoms with Gasteiger partial charge in [0.1, 0.15) is 12.4 Å². The fourth-order valence-corrected chi connectivity index (χ4v) is 4.71. The molecule has 1 saturated heterocycles. The van der Waals surface area contributed by atoms with E-state index in [1.165, 1.54) is 23.5 Å². The summed E-state index contributed by atoms with van der Waals surface area (Å²) < 4.78 is 14.5. The number of rotatable bonds is 5. The summed E-state index contributed by atoms with van der Waals surface area (Å²) >= 11 is 0. The Hall–Kier alpha value is -3.03. The van der Waals surface area contributed by atoms with Gasteiger partial charge in [-0.05, 0) is 43.0 Å². The number of aryl methyl sites for hydroxylation is 1. The van der Waals surface area contributed by atoms with Gasteiger partial charge in [0.15, 0.2) is 0 Å². The van der Waals surface area contributed by atoms with Gasteiger partial charge >= 0.3 is 0 Å². The highest BCUT2D eigenvalue weighted by molar-refractivity contribution is 5.97. The van der Waals surface area contributed by atoms with Crippen LogP contribution in [0.25, 0.3) is 0 Å². The molecule has 4 rings (SSSR count). The van der Waals surface area contributed by atoms with Crippen LogP contribution in [-0.4, -0.2) is 57.5 Å². The molecule has 1 aromatic heterocycles. The second kappa shape index (κ2) is 9.63. The topological polar surface area (TPSA) is 86.4 Å². The minimum Gasteiger partial charge on any atom is -0.336 e. The van der Waals surface area contributed by atoms with Gasteiger partial charge in [-0.3, -0.25) is 14.4 Å². The molecule has 2 fully saturated rings. The average Bonchev–Trinajstić information content (AvgIpc) is 2.81. The van der Waals surface area contributed by atoms with Crippen LogP contribution in [0.4, 0.5) is 4.39 Å². The van der Waals surface area contributed by atoms with Crippen molar-refractivity contribution in [2.75, 3.05) is 19.6 Å². The SMILES string of the molecule is CCc1cc(Cc2ccc(F)c(C(=O)N3CCN(C4CCCCC4)C(=O)C3)c2)n[nH]c1=O. The number of carbonyl (C=O) groups excluding carboxylic acids is 2. The first-order chi connectivity index (χ1) is 15.5. The number of piperazine rings is 1. The van der Waals surface area contributed by atoms with E-state index in [1.54, 1.807) is 12.1 Å². The smallest absolute Gasteiger partial charge is 0.267 e. The van der Waals surface area contributed by atoms with E-state index in [4.69, 9.17) is 0 Å². The molecule has 0 radical (unpaired) electrons. The number of hydrogen-bond acceptors (Lipinski definition) is 4. The van der Waals surface area contributed by atoms with E-state index in [-0.39, 0.29) is 29.6 Å². The highest BCUT2D eigenvalue weighted by Gasteiger charge is 2.33. The molecule has 2 aromatic rings. The van der Waals surface area contributed by atoms with Gasteiger partial charge in [0, 0.05) is 31.1 Å². The number of aromatic amines is 1. The molecule has 2 heterocycles. The Kier molecular flexibility index (Phi) is 6.67. The Labute approximate surface area is 186 Å². The fourth-order valence-electron chi connectivity index (χ4n) is 4.71. The van der Waals surface area contributed by atoms with E-state index in [2.05, 4.69) is 10.2 Å². The van der Waals surface area contributed by atoms with Gasteiger partial charge in [-0.2, -0.15) is 5.10 Å². The Morgan fingerprint density at radius 2 is 1.94 bits per heavy atom. The van der Waals surface area contributed by atoms with Crippen LogP contribution in [-0.2, 0) is 17.6 Å². The van der Waals surface area contributed by atoms with Crippen LogP contribution < -0.4 is 5.56 Å². The third kappa shape index (κ3) is 4.74. The number of carbonyl (C=O) groups is 2. The average molecular weight is 441 g/mol. The number of hydrogen-bond donors (Lipinski definition) is 1. The number of amides is 2. The van der Waals surface area contributed by atoms with E-state index < -0.39 is 11.7 Å². The molecule has 0 spiro atoms. The van der Waals surface area contributed by atoms with Crippen molar-refractivity contribution >= 4 is 11.8 Å². The zero-order valence-corrected chi connectivity index (χ0v) is 18.4. The standard InChI is InChI=1S/C24H29FN4O3/c1-2-17-14-18(26-27-23(17)31)12-16-8-9-21(25)20(13-16)24(32)28-10-11-29(22(30)15-28)19-6-4-3-5-7-19/h8-9,13-14,19H,2-7,10-12,15H2,1H3,(H,27,31). The van der Waals surface area contributed by atoms with Gasteiger partial charge in [0.25, 0.3) is 11.5 Å². The van der Waals surface area contributed by atoms with Crippen molar-refractivity contribution in [1.82, 2.24) is 20.0 Å². The van der Waals surface area contributed by atoms with Crippen molar-refractivity contribution in [3.8, 4) is 0 Å². The largest absolute Gasteiger partial charge is 0.336 e. The lowest BCUT2D eigenvalue weighted by Gasteiger charge is -2.40. The van der Waals surface area contributed by atoms with Gasteiger partial charge in [-0.1, -0.05) is 32.3 Å². The summed E-state index contributed by atoms with van der Waals surface area (Å²) in [7, 11) is 0. The molecule has 1 aromatic carbocycles. The molecule has 0 unspecified atom stereocenters. The van der Waals surface area contributed by atoms with E-state index in [9.17, 15) is 18.8 Å². The molecule has 1 aliphatic heterocycles. The summed E-state index contributed by atoms with van der Waals surface area (Å²) in [4.78, 5) is 40.8. The first-order valence-electron chi connectivity index (χ1n) is 11.4. The van der Waals surface area contributed by atoms with Crippen molar-refractivity contribution in [1.29, 1.82) is 0 Å². The van der Waals surface area contributed by atoms with Crippen molar-refractivity contribution < 1.29 is 14.0 Å². The van der Waals surface area contributed by atoms with Gasteiger partial charge in [-0.15, -0.1) is 0 Å². The molecule has 8 heteroatoms. The fraction of sp³-hybridized carbons (Fsp3) is 0.500. The summed E-state index contributed by atoms with van der Waals surface area (Å²) in [6.45, 7) is 2.78. The van der Waals surface area contributed by atoms with Crippen LogP contribution in [0.3, 0.4) is 0 Å². The molecule has 32 heavy (non-hydrogen) atoms. The van der Waals surface area contributed by atoms with Gasteiger partial charge < -0.3 is 9.80 Å². The molecular weight excluding hydrogens is 411 g/mol. The summed E-state index contributed by atoms with van der Waals surface area (Å²) in [5, 5.41) is 6.53. The molecule has 1 N–H and O–H groups in total. The lowest BCUT2D eigenvalue weighted by molar-refractivity contribution is -0.138. The summed E-state index contributed by atoms with van der Waals surface area (Å²) in [5.41, 5.74) is 1.72. The molecule has 0 bridgehead atoms. The second-order valence-corrected chi connectivity index (χ2v) is 8.66. The number of nitrogens with one attached hydrogen (secondary N) is 1. The predicted octanol–water partition coefficient (Wildman–Crippen LogP) is 2.68. The third-order valence-electron chi connectivity index (χ3n) is 6.52. The van der Waals surface area contributed by atoms with Crippen LogP contribution in [0.1, 0.15) is 66.2 Å². The first kappa shape index (κ1) is 22.2. The third-order valence-corrected chi connectivity index (χ3v) is 6.52. The Morgan fingerprint density at radius 1 is 1.16 bits per heavy atom.